The number of amides is 1. The molecule has 2 heterocycles. The largest absolute Gasteiger partial charge is 0.439 e. The highest BCUT2D eigenvalue weighted by atomic mass is 19.4. The first-order valence-corrected chi connectivity index (χ1v) is 10.4. The molecule has 4 aromatic rings. The maximum Gasteiger partial charge on any atom is 0.418 e. The molecule has 1 aliphatic heterocycles. The van der Waals surface area contributed by atoms with Gasteiger partial charge in [0.1, 0.15) is 12.3 Å². The van der Waals surface area contributed by atoms with Gasteiger partial charge in [0.25, 0.3) is 5.56 Å². The Bertz CT molecular complexity index is 1440. The molecule has 1 N–H and O–H groups in total. The van der Waals surface area contributed by atoms with E-state index in [1.54, 1.807) is 42.5 Å². The zero-order valence-corrected chi connectivity index (χ0v) is 17.7. The maximum atomic E-state index is 13.4. The monoisotopic (exact) mass is 465 g/mol. The summed E-state index contributed by atoms with van der Waals surface area (Å²) in [5.41, 5.74) is 0.0145. The van der Waals surface area contributed by atoms with Crippen LogP contribution < -0.4 is 15.6 Å². The van der Waals surface area contributed by atoms with Crippen molar-refractivity contribution in [2.24, 2.45) is 0 Å². The number of nitrogens with one attached hydrogen (secondary N) is 1. The Morgan fingerprint density at radius 2 is 1.62 bits per heavy atom. The Hall–Kier alpha value is -4.27. The summed E-state index contributed by atoms with van der Waals surface area (Å²) in [5.74, 6) is 0.00485. The van der Waals surface area contributed by atoms with E-state index in [0.29, 0.717) is 23.4 Å². The van der Waals surface area contributed by atoms with Gasteiger partial charge in [0.15, 0.2) is 0 Å². The van der Waals surface area contributed by atoms with Crippen LogP contribution in [0.25, 0.3) is 5.69 Å². The highest BCUT2D eigenvalue weighted by molar-refractivity contribution is 5.91. The number of halogens is 3. The lowest BCUT2D eigenvalue weighted by Gasteiger charge is -2.20. The Kier molecular flexibility index (Phi) is 5.24. The molecular formula is C25H18F3N3O3. The van der Waals surface area contributed by atoms with Crippen molar-refractivity contribution >= 4 is 11.6 Å². The van der Waals surface area contributed by atoms with Crippen LogP contribution in [0.3, 0.4) is 0 Å². The Morgan fingerprint density at radius 3 is 2.38 bits per heavy atom. The van der Waals surface area contributed by atoms with E-state index < -0.39 is 24.2 Å². The molecule has 0 saturated carbocycles. The minimum absolute atomic E-state index is 0.187. The van der Waals surface area contributed by atoms with Crippen molar-refractivity contribution in [1.82, 2.24) is 9.36 Å². The van der Waals surface area contributed by atoms with Gasteiger partial charge in [0, 0.05) is 6.42 Å². The van der Waals surface area contributed by atoms with Crippen molar-refractivity contribution < 1.29 is 22.7 Å². The number of ether oxygens (including phenoxy) is 1. The number of hydrogen-bond donors (Lipinski definition) is 1. The van der Waals surface area contributed by atoms with Crippen molar-refractivity contribution in [2.75, 3.05) is 5.32 Å². The van der Waals surface area contributed by atoms with Gasteiger partial charge in [-0.25, -0.2) is 9.36 Å². The number of hydrogen-bond acceptors (Lipinski definition) is 3. The van der Waals surface area contributed by atoms with Crippen LogP contribution in [0.5, 0.6) is 11.6 Å². The lowest BCUT2D eigenvalue weighted by atomic mass is 10.0. The predicted molar refractivity (Wildman–Crippen MR) is 119 cm³/mol. The number of nitrogens with zero attached hydrogens (tertiary/aromatic N) is 2. The summed E-state index contributed by atoms with van der Waals surface area (Å²) >= 11 is 0. The molecule has 1 aromatic heterocycles. The lowest BCUT2D eigenvalue weighted by Crippen LogP contribution is -2.28. The smallest absolute Gasteiger partial charge is 0.418 e. The molecule has 0 atom stereocenters. The second-order valence-electron chi connectivity index (χ2n) is 7.77. The van der Waals surface area contributed by atoms with Crippen LogP contribution in [-0.4, -0.2) is 15.3 Å². The van der Waals surface area contributed by atoms with E-state index in [0.717, 1.165) is 11.6 Å². The summed E-state index contributed by atoms with van der Waals surface area (Å²) in [6, 6.07) is 20.6. The second-order valence-corrected chi connectivity index (χ2v) is 7.77. The summed E-state index contributed by atoms with van der Waals surface area (Å²) in [6.07, 6.45) is -4.32. The summed E-state index contributed by atoms with van der Waals surface area (Å²) in [5, 5.41) is 2.33. The van der Waals surface area contributed by atoms with Crippen LogP contribution in [0.15, 0.2) is 83.7 Å². The number of rotatable bonds is 4. The van der Waals surface area contributed by atoms with Gasteiger partial charge < -0.3 is 10.1 Å². The topological polar surface area (TPSA) is 65.3 Å². The number of benzene rings is 3. The summed E-state index contributed by atoms with van der Waals surface area (Å²) in [6.45, 7) is -0.437. The van der Waals surface area contributed by atoms with Crippen LogP contribution in [0.2, 0.25) is 0 Å². The molecule has 0 aliphatic carbocycles. The van der Waals surface area contributed by atoms with Crippen LogP contribution in [0.4, 0.5) is 18.9 Å². The second kappa shape index (κ2) is 8.26. The molecule has 0 saturated heterocycles. The first kappa shape index (κ1) is 21.6. The lowest BCUT2D eigenvalue weighted by molar-refractivity contribution is -0.137. The molecule has 0 radical (unpaired) electrons. The van der Waals surface area contributed by atoms with Crippen molar-refractivity contribution in [2.45, 2.75) is 19.1 Å². The number of alkyl halides is 3. The molecule has 5 rings (SSSR count). The van der Waals surface area contributed by atoms with E-state index in [1.165, 1.54) is 27.6 Å². The normalized spacial score (nSPS) is 12.4. The Morgan fingerprint density at radius 1 is 0.941 bits per heavy atom. The van der Waals surface area contributed by atoms with E-state index in [9.17, 15) is 22.8 Å². The first-order valence-electron chi connectivity index (χ1n) is 10.4. The fourth-order valence-electron chi connectivity index (χ4n) is 4.02. The minimum atomic E-state index is -4.63. The molecule has 0 spiro atoms. The molecule has 0 fully saturated rings. The first-order chi connectivity index (χ1) is 16.3. The van der Waals surface area contributed by atoms with Gasteiger partial charge in [-0.05, 0) is 35.9 Å². The number of fused-ring (bicyclic) bond motifs is 2. The van der Waals surface area contributed by atoms with Gasteiger partial charge in [-0.15, -0.1) is 0 Å². The van der Waals surface area contributed by atoms with Gasteiger partial charge in [0.2, 0.25) is 11.8 Å². The average Bonchev–Trinajstić information content (AvgIpc) is 3.08. The SMILES string of the molecule is O=C(Cn1c2c(c(=O)n1-c1ccccc1)Cc1ccccc1O2)Nc1ccccc1C(F)(F)F. The number of carbonyl (C=O) groups excluding carboxylic acids is 1. The van der Waals surface area contributed by atoms with Gasteiger partial charge in [0.05, 0.1) is 22.5 Å². The zero-order chi connectivity index (χ0) is 23.9. The van der Waals surface area contributed by atoms with Crippen molar-refractivity contribution in [3.63, 3.8) is 0 Å². The van der Waals surface area contributed by atoms with Crippen molar-refractivity contribution in [3.05, 3.63) is 106 Å². The fourth-order valence-corrected chi connectivity index (χ4v) is 4.02. The zero-order valence-electron chi connectivity index (χ0n) is 17.7. The van der Waals surface area contributed by atoms with E-state index >= 15 is 0 Å². The summed E-state index contributed by atoms with van der Waals surface area (Å²) in [7, 11) is 0. The average molecular weight is 465 g/mol. The highest BCUT2D eigenvalue weighted by Gasteiger charge is 2.34. The third-order valence-electron chi connectivity index (χ3n) is 5.53. The van der Waals surface area contributed by atoms with Gasteiger partial charge >= 0.3 is 6.18 Å². The van der Waals surface area contributed by atoms with E-state index in [-0.39, 0.29) is 17.1 Å². The molecular weight excluding hydrogens is 447 g/mol. The minimum Gasteiger partial charge on any atom is -0.439 e. The molecule has 34 heavy (non-hydrogen) atoms. The molecule has 3 aromatic carbocycles. The molecule has 1 aliphatic rings. The van der Waals surface area contributed by atoms with E-state index in [1.807, 2.05) is 12.1 Å². The molecule has 1 amide bonds. The van der Waals surface area contributed by atoms with Gasteiger partial charge in [-0.3, -0.25) is 9.59 Å². The maximum absolute atomic E-state index is 13.4. The third-order valence-corrected chi connectivity index (χ3v) is 5.53. The van der Waals surface area contributed by atoms with E-state index in [4.69, 9.17) is 4.74 Å². The molecule has 0 unspecified atom stereocenters. The van der Waals surface area contributed by atoms with Crippen molar-refractivity contribution in [3.8, 4) is 17.3 Å². The number of aromatic nitrogens is 2. The number of carbonyl (C=O) groups is 1. The van der Waals surface area contributed by atoms with Gasteiger partial charge in [-0.2, -0.15) is 13.2 Å². The molecule has 9 heteroatoms. The van der Waals surface area contributed by atoms with Crippen LogP contribution in [0, 0.1) is 0 Å². The molecule has 0 bridgehead atoms. The van der Waals surface area contributed by atoms with Crippen molar-refractivity contribution in [1.29, 1.82) is 0 Å². The van der Waals surface area contributed by atoms with Gasteiger partial charge in [-0.1, -0.05) is 48.5 Å². The highest BCUT2D eigenvalue weighted by Crippen LogP contribution is 2.37. The van der Waals surface area contributed by atoms with Crippen LogP contribution in [0.1, 0.15) is 16.7 Å². The summed E-state index contributed by atoms with van der Waals surface area (Å²) < 4.78 is 48.7. The Labute approximate surface area is 191 Å². The Balaban J connectivity index is 1.56. The predicted octanol–water partition coefficient (Wildman–Crippen LogP) is 4.99. The number of anilines is 1. The van der Waals surface area contributed by atoms with Crippen LogP contribution in [-0.2, 0) is 23.9 Å². The molecule has 172 valence electrons. The fraction of sp³-hybridized carbons (Fsp3) is 0.120. The van der Waals surface area contributed by atoms with E-state index in [2.05, 4.69) is 5.32 Å². The quantitative estimate of drug-likeness (QED) is 0.407. The summed E-state index contributed by atoms with van der Waals surface area (Å²) in [4.78, 5) is 26.3. The third kappa shape index (κ3) is 3.85. The molecule has 6 nitrogen and oxygen atoms in total. The van der Waals surface area contributed by atoms with Crippen LogP contribution >= 0.6 is 0 Å². The standard InChI is InChI=1S/C25H18F3N3O3/c26-25(27,28)19-11-5-6-12-20(19)29-22(32)15-30-24-18(14-16-8-4-7-13-21(16)34-24)23(33)31(30)17-9-2-1-3-10-17/h1-13H,14-15H2,(H,29,32). The number of para-hydroxylation sites is 3.